The molecular weight excluding hydrogens is 541 g/mol. The summed E-state index contributed by atoms with van der Waals surface area (Å²) in [5.74, 6) is 0. The van der Waals surface area contributed by atoms with Crippen molar-refractivity contribution in [1.82, 2.24) is 19.9 Å². The van der Waals surface area contributed by atoms with Gasteiger partial charge in [-0.1, -0.05) is 103 Å². The summed E-state index contributed by atoms with van der Waals surface area (Å²) < 4.78 is 0. The molecule has 0 saturated carbocycles. The minimum absolute atomic E-state index is 0. The smallest absolute Gasteiger partial charge is 0.358 e. The van der Waals surface area contributed by atoms with Crippen LogP contribution < -0.4 is 19.9 Å². The van der Waals surface area contributed by atoms with Gasteiger partial charge in [0.05, 0.1) is 0 Å². The van der Waals surface area contributed by atoms with Gasteiger partial charge in [-0.25, -0.2) is 0 Å². The first-order valence-electron chi connectivity index (χ1n) is 12.3. The molecule has 0 saturated heterocycles. The normalized spacial score (nSPS) is 11.9. The quantitative estimate of drug-likeness (QED) is 0.174. The van der Waals surface area contributed by atoms with E-state index in [0.29, 0.717) is 0 Å². The summed E-state index contributed by atoms with van der Waals surface area (Å²) in [5, 5.41) is 0. The van der Waals surface area contributed by atoms with Gasteiger partial charge in [0.2, 0.25) is 0 Å². The number of hydrogen-bond donors (Lipinski definition) is 4. The molecule has 0 aromatic heterocycles. The Morgan fingerprint density at radius 1 is 0.417 bits per heavy atom. The zero-order valence-electron chi connectivity index (χ0n) is 25.3. The molecule has 9 heteroatoms. The number of benzene rings is 2. The Labute approximate surface area is 243 Å². The van der Waals surface area contributed by atoms with Crippen molar-refractivity contribution in [2.24, 2.45) is 0 Å². The van der Waals surface area contributed by atoms with Crippen molar-refractivity contribution in [2.75, 3.05) is 0 Å². The van der Waals surface area contributed by atoms with E-state index < -0.39 is 32.9 Å². The van der Waals surface area contributed by atoms with Gasteiger partial charge in [0.25, 0.3) is 0 Å². The Balaban J connectivity index is 0. The summed E-state index contributed by atoms with van der Waals surface area (Å²) >= 11 is 0. The molecule has 2 aromatic carbocycles. The SMILES string of the molecule is C[Si](C)(C)N[C-](N[Si](C)(C)C)c1ccccc1.C[Si](C)(C)N[C-](N[Si](C)(C)C)c1ccccc1.[CH3-].[Ti+3]. The van der Waals surface area contributed by atoms with Crippen LogP contribution in [-0.4, -0.2) is 32.9 Å². The summed E-state index contributed by atoms with van der Waals surface area (Å²) in [4.78, 5) is 14.8. The van der Waals surface area contributed by atoms with E-state index in [1.807, 2.05) is 0 Å². The molecule has 0 aliphatic heterocycles. The van der Waals surface area contributed by atoms with Gasteiger partial charge in [-0.2, -0.15) is 35.4 Å². The molecule has 0 bridgehead atoms. The molecule has 0 heterocycles. The van der Waals surface area contributed by atoms with E-state index in [4.69, 9.17) is 0 Å². The van der Waals surface area contributed by atoms with Crippen LogP contribution in [0.3, 0.4) is 0 Å². The van der Waals surface area contributed by atoms with Crippen LogP contribution >= 0.6 is 0 Å². The van der Waals surface area contributed by atoms with Crippen molar-refractivity contribution in [2.45, 2.75) is 78.6 Å². The Kier molecular flexibility index (Phi) is 16.7. The van der Waals surface area contributed by atoms with Gasteiger partial charge in [-0.3, -0.25) is 0 Å². The van der Waals surface area contributed by atoms with Gasteiger partial charge in [-0.05, 0) is 0 Å². The second-order valence-electron chi connectivity index (χ2n) is 13.0. The van der Waals surface area contributed by atoms with Crippen LogP contribution in [0, 0.1) is 19.8 Å². The average molecular weight is 594 g/mol. The maximum absolute atomic E-state index is 3.71. The first kappa shape index (κ1) is 37.8. The fraction of sp³-hybridized carbons (Fsp3) is 0.444. The van der Waals surface area contributed by atoms with Gasteiger partial charge >= 0.3 is 21.7 Å². The standard InChI is InChI=1S/2C13H25N2Si2.CH3.Ti/c2*1-16(2,3)14-13(15-17(4,5)6)12-10-8-7-9-11-12;;/h2*7-11,14-15H,1-6H3;1H3;/q3*-1;+3. The van der Waals surface area contributed by atoms with E-state index in [1.165, 1.54) is 23.5 Å². The molecule has 0 aliphatic rings. The van der Waals surface area contributed by atoms with Crippen LogP contribution in [0.1, 0.15) is 11.1 Å². The Morgan fingerprint density at radius 3 is 0.778 bits per heavy atom. The Morgan fingerprint density at radius 2 is 0.611 bits per heavy atom. The second kappa shape index (κ2) is 15.9. The van der Waals surface area contributed by atoms with Crippen LogP contribution in [0.5, 0.6) is 0 Å². The average Bonchev–Trinajstić information content (AvgIpc) is 2.64. The summed E-state index contributed by atoms with van der Waals surface area (Å²) in [7, 11) is -5.32. The van der Waals surface area contributed by atoms with Crippen LogP contribution in [-0.2, 0) is 21.7 Å². The van der Waals surface area contributed by atoms with E-state index in [9.17, 15) is 0 Å². The van der Waals surface area contributed by atoms with E-state index in [0.717, 1.165) is 0 Å². The monoisotopic (exact) mass is 593 g/mol. The van der Waals surface area contributed by atoms with E-state index in [-0.39, 0.29) is 29.1 Å². The topological polar surface area (TPSA) is 48.1 Å². The fourth-order valence-corrected chi connectivity index (χ4v) is 7.14. The molecule has 201 valence electrons. The molecule has 2 rings (SSSR count). The molecular formula is C27H53N4Si4Ti. The molecule has 1 radical (unpaired) electrons. The van der Waals surface area contributed by atoms with Crippen molar-refractivity contribution in [3.05, 3.63) is 91.5 Å². The number of nitrogens with one attached hydrogen (secondary N) is 4. The van der Waals surface area contributed by atoms with Gasteiger partial charge in [0.15, 0.2) is 0 Å². The predicted octanol–water partition coefficient (Wildman–Crippen LogP) is 7.19. The zero-order valence-corrected chi connectivity index (χ0v) is 30.8. The molecule has 4 N–H and O–H groups in total. The first-order valence-corrected chi connectivity index (χ1v) is 26.3. The minimum Gasteiger partial charge on any atom is -0.358 e. The van der Waals surface area contributed by atoms with Gasteiger partial charge in [-0.15, -0.1) is 24.3 Å². The summed E-state index contributed by atoms with van der Waals surface area (Å²) in [6, 6.07) is 21.1. The minimum atomic E-state index is -1.33. The molecule has 0 aliphatic carbocycles. The van der Waals surface area contributed by atoms with Crippen molar-refractivity contribution in [3.63, 3.8) is 0 Å². The molecule has 0 fully saturated rings. The van der Waals surface area contributed by atoms with Gasteiger partial charge in [0, 0.05) is 0 Å². The van der Waals surface area contributed by atoms with E-state index in [1.54, 1.807) is 0 Å². The third-order valence-electron chi connectivity index (χ3n) is 4.12. The van der Waals surface area contributed by atoms with Crippen LogP contribution in [0.4, 0.5) is 0 Å². The molecule has 4 nitrogen and oxygen atoms in total. The molecule has 0 atom stereocenters. The third kappa shape index (κ3) is 18.8. The zero-order chi connectivity index (χ0) is 26.2. The van der Waals surface area contributed by atoms with Gasteiger partial charge < -0.3 is 27.4 Å². The third-order valence-corrected chi connectivity index (χ3v) is 8.12. The van der Waals surface area contributed by atoms with Crippen LogP contribution in [0.15, 0.2) is 60.7 Å². The molecule has 0 unspecified atom stereocenters. The van der Waals surface area contributed by atoms with Crippen molar-refractivity contribution in [1.29, 1.82) is 0 Å². The number of hydrogen-bond acceptors (Lipinski definition) is 4. The number of rotatable bonds is 10. The Bertz CT molecular complexity index is 724. The largest absolute Gasteiger partial charge is 3.00 e. The maximum Gasteiger partial charge on any atom is 3.00 e. The van der Waals surface area contributed by atoms with Crippen LogP contribution in [0.25, 0.3) is 0 Å². The Hall–Kier alpha value is -0.398. The molecule has 36 heavy (non-hydrogen) atoms. The second-order valence-corrected chi connectivity index (χ2v) is 32.0. The summed E-state index contributed by atoms with van der Waals surface area (Å²) in [5.41, 5.74) is 2.52. The van der Waals surface area contributed by atoms with Crippen molar-refractivity contribution < 1.29 is 21.7 Å². The van der Waals surface area contributed by atoms with Gasteiger partial charge in [0.1, 0.15) is 32.9 Å². The predicted molar refractivity (Wildman–Crippen MR) is 170 cm³/mol. The summed E-state index contributed by atoms with van der Waals surface area (Å²) in [6.45, 7) is 27.9. The van der Waals surface area contributed by atoms with E-state index in [2.05, 4.69) is 159 Å². The van der Waals surface area contributed by atoms with Crippen molar-refractivity contribution in [3.8, 4) is 0 Å². The molecule has 0 amide bonds. The molecule has 0 spiro atoms. The first-order chi connectivity index (χ1) is 15.3. The maximum atomic E-state index is 3.71. The van der Waals surface area contributed by atoms with Crippen LogP contribution in [0.2, 0.25) is 78.6 Å². The molecule has 2 aromatic rings. The summed E-state index contributed by atoms with van der Waals surface area (Å²) in [6.07, 6.45) is 2.42. The van der Waals surface area contributed by atoms with Crippen molar-refractivity contribution >= 4 is 32.9 Å². The fourth-order valence-electron chi connectivity index (χ4n) is 3.06. The van der Waals surface area contributed by atoms with E-state index >= 15 is 0 Å².